The van der Waals surface area contributed by atoms with Crippen LogP contribution in [-0.2, 0) is 11.2 Å². The molecule has 0 saturated carbocycles. The monoisotopic (exact) mass is 370 g/mol. The number of anilines is 1. The van der Waals surface area contributed by atoms with E-state index in [-0.39, 0.29) is 5.91 Å². The lowest BCUT2D eigenvalue weighted by Gasteiger charge is -2.22. The van der Waals surface area contributed by atoms with Crippen LogP contribution in [0, 0.1) is 0 Å². The fourth-order valence-corrected chi connectivity index (χ4v) is 4.56. The van der Waals surface area contributed by atoms with Gasteiger partial charge in [-0.15, -0.1) is 11.8 Å². The molecule has 0 radical (unpaired) electrons. The van der Waals surface area contributed by atoms with Crippen LogP contribution in [0.25, 0.3) is 10.9 Å². The minimum absolute atomic E-state index is 0.114. The molecule has 5 heteroatoms. The van der Waals surface area contributed by atoms with Gasteiger partial charge >= 0.3 is 0 Å². The van der Waals surface area contributed by atoms with E-state index in [1.54, 1.807) is 0 Å². The van der Waals surface area contributed by atoms with Crippen LogP contribution >= 0.6 is 23.4 Å². The van der Waals surface area contributed by atoms with E-state index in [9.17, 15) is 4.79 Å². The van der Waals surface area contributed by atoms with E-state index in [0.717, 1.165) is 40.0 Å². The van der Waals surface area contributed by atoms with Crippen LogP contribution < -0.4 is 4.90 Å². The Morgan fingerprint density at radius 3 is 3.04 bits per heavy atom. The lowest BCUT2D eigenvalue weighted by molar-refractivity contribution is -0.118. The first-order valence-corrected chi connectivity index (χ1v) is 9.69. The standard InChI is InChI=1S/C20H19ClN2OS/c1-13-8-9-23(18-11-15(21)6-7-19(18)25-13)20(24)10-14-12-22-17-5-3-2-4-16(14)17/h2-7,11-13,22H,8-10H2,1H3/t13-/m1/s1. The van der Waals surface area contributed by atoms with Crippen LogP contribution in [0.1, 0.15) is 18.9 Å². The molecule has 2 aromatic carbocycles. The van der Waals surface area contributed by atoms with Crippen LogP contribution in [-0.4, -0.2) is 22.7 Å². The van der Waals surface area contributed by atoms with Gasteiger partial charge in [-0.25, -0.2) is 0 Å². The number of hydrogen-bond donors (Lipinski definition) is 1. The summed E-state index contributed by atoms with van der Waals surface area (Å²) in [6.45, 7) is 2.93. The topological polar surface area (TPSA) is 36.1 Å². The van der Waals surface area contributed by atoms with Crippen molar-refractivity contribution in [2.75, 3.05) is 11.4 Å². The molecule has 1 atom stereocenters. The normalized spacial score (nSPS) is 17.4. The van der Waals surface area contributed by atoms with Gasteiger partial charge in [-0.2, -0.15) is 0 Å². The Bertz CT molecular complexity index is 936. The highest BCUT2D eigenvalue weighted by Gasteiger charge is 2.25. The molecule has 25 heavy (non-hydrogen) atoms. The number of carbonyl (C=O) groups excluding carboxylic acids is 1. The fourth-order valence-electron chi connectivity index (χ4n) is 3.30. The van der Waals surface area contributed by atoms with Crippen LogP contribution in [0.3, 0.4) is 0 Å². The lowest BCUT2D eigenvalue weighted by Crippen LogP contribution is -2.33. The molecule has 0 aliphatic carbocycles. The van der Waals surface area contributed by atoms with Gasteiger partial charge in [-0.1, -0.05) is 36.7 Å². The highest BCUT2D eigenvalue weighted by atomic mass is 35.5. The maximum Gasteiger partial charge on any atom is 0.231 e. The number of amides is 1. The summed E-state index contributed by atoms with van der Waals surface area (Å²) in [6.07, 6.45) is 3.29. The van der Waals surface area contributed by atoms with Gasteiger partial charge in [0.15, 0.2) is 0 Å². The molecule has 1 aliphatic rings. The summed E-state index contributed by atoms with van der Waals surface area (Å²) in [6, 6.07) is 13.9. The third-order valence-electron chi connectivity index (χ3n) is 4.62. The Labute approximate surface area is 156 Å². The van der Waals surface area contributed by atoms with Gasteiger partial charge in [-0.3, -0.25) is 4.79 Å². The van der Waals surface area contributed by atoms with Crippen molar-refractivity contribution in [2.24, 2.45) is 0 Å². The summed E-state index contributed by atoms with van der Waals surface area (Å²) in [5.41, 5.74) is 3.04. The number of carbonyl (C=O) groups is 1. The second kappa shape index (κ2) is 6.77. The van der Waals surface area contributed by atoms with Gasteiger partial charge in [0.05, 0.1) is 12.1 Å². The number of thioether (sulfide) groups is 1. The minimum Gasteiger partial charge on any atom is -0.361 e. The second-order valence-electron chi connectivity index (χ2n) is 6.41. The molecule has 0 saturated heterocycles. The number of aromatic amines is 1. The Morgan fingerprint density at radius 1 is 1.32 bits per heavy atom. The molecule has 0 unspecified atom stereocenters. The van der Waals surface area contributed by atoms with Crippen LogP contribution in [0.4, 0.5) is 5.69 Å². The van der Waals surface area contributed by atoms with E-state index in [4.69, 9.17) is 11.6 Å². The van der Waals surface area contributed by atoms with Crippen molar-refractivity contribution in [3.8, 4) is 0 Å². The van der Waals surface area contributed by atoms with Gasteiger partial charge in [0.2, 0.25) is 5.91 Å². The van der Waals surface area contributed by atoms with Crippen molar-refractivity contribution in [3.05, 3.63) is 59.2 Å². The highest BCUT2D eigenvalue weighted by Crippen LogP contribution is 2.39. The quantitative estimate of drug-likeness (QED) is 0.666. The number of rotatable bonds is 2. The Hall–Kier alpha value is -1.91. The third-order valence-corrected chi connectivity index (χ3v) is 6.09. The summed E-state index contributed by atoms with van der Waals surface area (Å²) in [4.78, 5) is 19.4. The molecule has 1 aromatic heterocycles. The zero-order valence-corrected chi connectivity index (χ0v) is 15.5. The predicted molar refractivity (Wildman–Crippen MR) is 106 cm³/mol. The molecule has 1 N–H and O–H groups in total. The summed E-state index contributed by atoms with van der Waals surface area (Å²) < 4.78 is 0. The van der Waals surface area contributed by atoms with Crippen molar-refractivity contribution < 1.29 is 4.79 Å². The van der Waals surface area contributed by atoms with Gasteiger partial charge in [0.25, 0.3) is 0 Å². The first-order chi connectivity index (χ1) is 12.1. The Balaban J connectivity index is 1.67. The zero-order chi connectivity index (χ0) is 17.4. The minimum atomic E-state index is 0.114. The molecule has 0 spiro atoms. The van der Waals surface area contributed by atoms with Crippen molar-refractivity contribution in [1.29, 1.82) is 0 Å². The number of para-hydroxylation sites is 1. The SMILES string of the molecule is C[C@@H]1CCN(C(=O)Cc2c[nH]c3ccccc23)c2cc(Cl)ccc2S1. The van der Waals surface area contributed by atoms with Crippen molar-refractivity contribution >= 4 is 45.9 Å². The lowest BCUT2D eigenvalue weighted by atomic mass is 10.1. The van der Waals surface area contributed by atoms with Crippen molar-refractivity contribution in [2.45, 2.75) is 29.9 Å². The average Bonchev–Trinajstić information content (AvgIpc) is 2.92. The molecule has 3 aromatic rings. The molecule has 0 bridgehead atoms. The highest BCUT2D eigenvalue weighted by molar-refractivity contribution is 8.00. The van der Waals surface area contributed by atoms with E-state index in [0.29, 0.717) is 16.7 Å². The zero-order valence-electron chi connectivity index (χ0n) is 14.0. The number of H-pyrrole nitrogens is 1. The van der Waals surface area contributed by atoms with Crippen LogP contribution in [0.5, 0.6) is 0 Å². The first kappa shape index (κ1) is 16.6. The molecule has 128 valence electrons. The number of aromatic nitrogens is 1. The third kappa shape index (κ3) is 3.29. The average molecular weight is 371 g/mol. The number of fused-ring (bicyclic) bond motifs is 2. The largest absolute Gasteiger partial charge is 0.361 e. The predicted octanol–water partition coefficient (Wildman–Crippen LogP) is 5.28. The molecular formula is C20H19ClN2OS. The summed E-state index contributed by atoms with van der Waals surface area (Å²) in [5.74, 6) is 0.114. The van der Waals surface area contributed by atoms with E-state index in [1.165, 1.54) is 0 Å². The smallest absolute Gasteiger partial charge is 0.231 e. The molecular weight excluding hydrogens is 352 g/mol. The molecule has 0 fully saturated rings. The molecule has 4 rings (SSSR count). The summed E-state index contributed by atoms with van der Waals surface area (Å²) >= 11 is 8.02. The Kier molecular flexibility index (Phi) is 4.48. The van der Waals surface area contributed by atoms with Crippen molar-refractivity contribution in [1.82, 2.24) is 4.98 Å². The van der Waals surface area contributed by atoms with Gasteiger partial charge in [0.1, 0.15) is 0 Å². The van der Waals surface area contributed by atoms with Crippen LogP contribution in [0.15, 0.2) is 53.6 Å². The maximum absolute atomic E-state index is 13.1. The van der Waals surface area contributed by atoms with Gasteiger partial charge in [0, 0.05) is 38.8 Å². The molecule has 3 nitrogen and oxygen atoms in total. The Morgan fingerprint density at radius 2 is 2.16 bits per heavy atom. The van der Waals surface area contributed by atoms with Gasteiger partial charge in [-0.05, 0) is 36.2 Å². The fraction of sp³-hybridized carbons (Fsp3) is 0.250. The molecule has 2 heterocycles. The number of nitrogens with zero attached hydrogens (tertiary/aromatic N) is 1. The second-order valence-corrected chi connectivity index (χ2v) is 8.33. The molecule has 1 aliphatic heterocycles. The summed E-state index contributed by atoms with van der Waals surface area (Å²) in [7, 11) is 0. The maximum atomic E-state index is 13.1. The number of nitrogens with one attached hydrogen (secondary N) is 1. The first-order valence-electron chi connectivity index (χ1n) is 8.43. The number of halogens is 1. The van der Waals surface area contributed by atoms with Gasteiger partial charge < -0.3 is 9.88 Å². The van der Waals surface area contributed by atoms with Crippen LogP contribution in [0.2, 0.25) is 5.02 Å². The summed E-state index contributed by atoms with van der Waals surface area (Å²) in [5, 5.41) is 2.25. The van der Waals surface area contributed by atoms with E-state index >= 15 is 0 Å². The van der Waals surface area contributed by atoms with E-state index < -0.39 is 0 Å². The van der Waals surface area contributed by atoms with E-state index in [1.807, 2.05) is 59.3 Å². The molecule has 1 amide bonds. The van der Waals surface area contributed by atoms with E-state index in [2.05, 4.69) is 18.0 Å². The number of benzene rings is 2. The van der Waals surface area contributed by atoms with Crippen molar-refractivity contribution in [3.63, 3.8) is 0 Å². The number of hydrogen-bond acceptors (Lipinski definition) is 2.